The Hall–Kier alpha value is -1.75. The zero-order chi connectivity index (χ0) is 13.8. The lowest BCUT2D eigenvalue weighted by atomic mass is 10.1. The minimum atomic E-state index is -0.137. The van der Waals surface area contributed by atoms with Crippen LogP contribution in [0.1, 0.15) is 39.8 Å². The molecule has 0 radical (unpaired) electrons. The number of amides is 1. The van der Waals surface area contributed by atoms with Crippen molar-refractivity contribution >= 4 is 22.4 Å². The molecular weight excluding hydrogens is 258 g/mol. The molecule has 0 saturated heterocycles. The number of hydrogen-bond donors (Lipinski definition) is 1. The summed E-state index contributed by atoms with van der Waals surface area (Å²) in [5.74, 6) is -0.137. The molecule has 0 bridgehead atoms. The molecule has 0 aliphatic rings. The van der Waals surface area contributed by atoms with Crippen molar-refractivity contribution in [2.45, 2.75) is 33.6 Å². The highest BCUT2D eigenvalue weighted by Gasteiger charge is 2.10. The molecule has 1 aromatic heterocycles. The maximum atomic E-state index is 12.1. The SMILES string of the molecule is CCCc1nnc(NC(=O)c2ccc(C)c(C)c2)s1. The summed E-state index contributed by atoms with van der Waals surface area (Å²) in [5, 5.41) is 12.3. The Morgan fingerprint density at radius 1 is 1.26 bits per heavy atom. The van der Waals surface area contributed by atoms with Gasteiger partial charge in [0, 0.05) is 12.0 Å². The van der Waals surface area contributed by atoms with Gasteiger partial charge in [0.15, 0.2) is 0 Å². The van der Waals surface area contributed by atoms with Gasteiger partial charge in [-0.2, -0.15) is 0 Å². The van der Waals surface area contributed by atoms with Crippen molar-refractivity contribution < 1.29 is 4.79 Å². The zero-order valence-corrected chi connectivity index (χ0v) is 12.2. The summed E-state index contributed by atoms with van der Waals surface area (Å²) >= 11 is 1.43. The maximum absolute atomic E-state index is 12.1. The topological polar surface area (TPSA) is 54.9 Å². The Kier molecular flexibility index (Phi) is 4.27. The average molecular weight is 275 g/mol. The van der Waals surface area contributed by atoms with E-state index in [2.05, 4.69) is 22.4 Å². The summed E-state index contributed by atoms with van der Waals surface area (Å²) in [7, 11) is 0. The number of hydrogen-bond acceptors (Lipinski definition) is 4. The lowest BCUT2D eigenvalue weighted by Crippen LogP contribution is -2.12. The molecule has 0 aliphatic heterocycles. The van der Waals surface area contributed by atoms with Gasteiger partial charge >= 0.3 is 0 Å². The molecule has 2 rings (SSSR count). The number of benzene rings is 1. The highest BCUT2D eigenvalue weighted by Crippen LogP contribution is 2.18. The fourth-order valence-corrected chi connectivity index (χ4v) is 2.51. The fraction of sp³-hybridized carbons (Fsp3) is 0.357. The molecule has 0 aliphatic carbocycles. The lowest BCUT2D eigenvalue weighted by Gasteiger charge is -2.04. The second-order valence-electron chi connectivity index (χ2n) is 4.50. The Morgan fingerprint density at radius 2 is 2.05 bits per heavy atom. The smallest absolute Gasteiger partial charge is 0.257 e. The number of nitrogens with zero attached hydrogens (tertiary/aromatic N) is 2. The van der Waals surface area contributed by atoms with E-state index in [0.717, 1.165) is 23.4 Å². The van der Waals surface area contributed by atoms with E-state index in [1.807, 2.05) is 32.0 Å². The number of aryl methyl sites for hydroxylation is 3. The molecule has 1 heterocycles. The molecular formula is C14H17N3OS. The van der Waals surface area contributed by atoms with Gasteiger partial charge in [0.05, 0.1) is 0 Å². The molecule has 5 heteroatoms. The quantitative estimate of drug-likeness (QED) is 0.930. The third-order valence-corrected chi connectivity index (χ3v) is 3.82. The van der Waals surface area contributed by atoms with Crippen LogP contribution >= 0.6 is 11.3 Å². The van der Waals surface area contributed by atoms with Crippen LogP contribution in [0.2, 0.25) is 0 Å². The summed E-state index contributed by atoms with van der Waals surface area (Å²) < 4.78 is 0. The van der Waals surface area contributed by atoms with Crippen LogP contribution in [0.4, 0.5) is 5.13 Å². The molecule has 0 atom stereocenters. The highest BCUT2D eigenvalue weighted by molar-refractivity contribution is 7.15. The lowest BCUT2D eigenvalue weighted by molar-refractivity contribution is 0.102. The molecule has 0 saturated carbocycles. The highest BCUT2D eigenvalue weighted by atomic mass is 32.1. The van der Waals surface area contributed by atoms with Gasteiger partial charge in [-0.25, -0.2) is 0 Å². The van der Waals surface area contributed by atoms with Crippen LogP contribution in [0.25, 0.3) is 0 Å². The summed E-state index contributed by atoms with van der Waals surface area (Å²) in [6, 6.07) is 5.66. The molecule has 0 fully saturated rings. The van der Waals surface area contributed by atoms with E-state index < -0.39 is 0 Å². The monoisotopic (exact) mass is 275 g/mol. The first-order valence-electron chi connectivity index (χ1n) is 6.31. The Balaban J connectivity index is 2.09. The largest absolute Gasteiger partial charge is 0.296 e. The van der Waals surface area contributed by atoms with E-state index in [9.17, 15) is 4.79 Å². The Morgan fingerprint density at radius 3 is 2.74 bits per heavy atom. The molecule has 1 amide bonds. The second kappa shape index (κ2) is 5.93. The van der Waals surface area contributed by atoms with Gasteiger partial charge < -0.3 is 0 Å². The number of rotatable bonds is 4. The third kappa shape index (κ3) is 3.38. The standard InChI is InChI=1S/C14H17N3OS/c1-4-5-12-16-17-14(19-12)15-13(18)11-7-6-9(2)10(3)8-11/h6-8H,4-5H2,1-3H3,(H,15,17,18). The van der Waals surface area contributed by atoms with E-state index >= 15 is 0 Å². The maximum Gasteiger partial charge on any atom is 0.257 e. The van der Waals surface area contributed by atoms with Gasteiger partial charge in [-0.05, 0) is 43.5 Å². The molecule has 2 aromatic rings. The minimum absolute atomic E-state index is 0.137. The first kappa shape index (κ1) is 13.7. The van der Waals surface area contributed by atoms with Crippen LogP contribution < -0.4 is 5.32 Å². The van der Waals surface area contributed by atoms with Crippen LogP contribution in [0.3, 0.4) is 0 Å². The third-order valence-electron chi connectivity index (χ3n) is 2.92. The van der Waals surface area contributed by atoms with Gasteiger partial charge in [0.25, 0.3) is 5.91 Å². The van der Waals surface area contributed by atoms with Gasteiger partial charge in [-0.3, -0.25) is 10.1 Å². The molecule has 100 valence electrons. The summed E-state index contributed by atoms with van der Waals surface area (Å²) in [6.07, 6.45) is 1.93. The van der Waals surface area contributed by atoms with Crippen molar-refractivity contribution in [3.8, 4) is 0 Å². The fourth-order valence-electron chi connectivity index (χ4n) is 1.67. The summed E-state index contributed by atoms with van der Waals surface area (Å²) in [6.45, 7) is 6.12. The van der Waals surface area contributed by atoms with Crippen molar-refractivity contribution in [3.05, 3.63) is 39.9 Å². The van der Waals surface area contributed by atoms with Gasteiger partial charge in [-0.1, -0.05) is 24.3 Å². The first-order chi connectivity index (χ1) is 9.10. The van der Waals surface area contributed by atoms with E-state index in [1.54, 1.807) is 0 Å². The van der Waals surface area contributed by atoms with Crippen LogP contribution in [0, 0.1) is 13.8 Å². The van der Waals surface area contributed by atoms with Crippen LogP contribution in [0.5, 0.6) is 0 Å². The number of anilines is 1. The minimum Gasteiger partial charge on any atom is -0.296 e. The molecule has 1 N–H and O–H groups in total. The Bertz CT molecular complexity index is 592. The van der Waals surface area contributed by atoms with Crippen molar-refractivity contribution in [3.63, 3.8) is 0 Å². The first-order valence-corrected chi connectivity index (χ1v) is 7.12. The average Bonchev–Trinajstić information content (AvgIpc) is 2.80. The summed E-state index contributed by atoms with van der Waals surface area (Å²) in [5.41, 5.74) is 2.93. The van der Waals surface area contributed by atoms with Gasteiger partial charge in [-0.15, -0.1) is 10.2 Å². The zero-order valence-electron chi connectivity index (χ0n) is 11.4. The molecule has 4 nitrogen and oxygen atoms in total. The van der Waals surface area contributed by atoms with Crippen molar-refractivity contribution in [1.82, 2.24) is 10.2 Å². The number of carbonyl (C=O) groups is 1. The van der Waals surface area contributed by atoms with Crippen LogP contribution in [0.15, 0.2) is 18.2 Å². The normalized spacial score (nSPS) is 10.5. The van der Waals surface area contributed by atoms with Crippen LogP contribution in [-0.4, -0.2) is 16.1 Å². The number of aromatic nitrogens is 2. The second-order valence-corrected chi connectivity index (χ2v) is 5.57. The predicted octanol–water partition coefficient (Wildman–Crippen LogP) is 3.36. The van der Waals surface area contributed by atoms with Gasteiger partial charge in [0.1, 0.15) is 5.01 Å². The van der Waals surface area contributed by atoms with Crippen molar-refractivity contribution in [2.75, 3.05) is 5.32 Å². The van der Waals surface area contributed by atoms with E-state index in [4.69, 9.17) is 0 Å². The molecule has 19 heavy (non-hydrogen) atoms. The van der Waals surface area contributed by atoms with Crippen molar-refractivity contribution in [2.24, 2.45) is 0 Å². The Labute approximate surface area is 116 Å². The van der Waals surface area contributed by atoms with E-state index in [1.165, 1.54) is 16.9 Å². The molecule has 0 spiro atoms. The van der Waals surface area contributed by atoms with Crippen LogP contribution in [-0.2, 0) is 6.42 Å². The molecule has 1 aromatic carbocycles. The van der Waals surface area contributed by atoms with Crippen molar-refractivity contribution in [1.29, 1.82) is 0 Å². The predicted molar refractivity (Wildman–Crippen MR) is 77.8 cm³/mol. The van der Waals surface area contributed by atoms with Gasteiger partial charge in [0.2, 0.25) is 5.13 Å². The number of carbonyl (C=O) groups excluding carboxylic acids is 1. The van der Waals surface area contributed by atoms with E-state index in [-0.39, 0.29) is 5.91 Å². The summed E-state index contributed by atoms with van der Waals surface area (Å²) in [4.78, 5) is 12.1. The molecule has 0 unspecified atom stereocenters. The van der Waals surface area contributed by atoms with E-state index in [0.29, 0.717) is 10.7 Å². The number of nitrogens with one attached hydrogen (secondary N) is 1.